The Balaban J connectivity index is 2.03. The first kappa shape index (κ1) is 21.6. The van der Waals surface area contributed by atoms with Gasteiger partial charge in [-0.1, -0.05) is 0 Å². The van der Waals surface area contributed by atoms with Crippen molar-refractivity contribution in [2.75, 3.05) is 18.1 Å². The fourth-order valence-corrected chi connectivity index (χ4v) is 3.77. The number of sulfonamides is 1. The summed E-state index contributed by atoms with van der Waals surface area (Å²) < 4.78 is 33.2. The van der Waals surface area contributed by atoms with E-state index in [4.69, 9.17) is 16.2 Å². The first-order valence-corrected chi connectivity index (χ1v) is 10.3. The molecule has 16 heteroatoms. The van der Waals surface area contributed by atoms with Crippen LogP contribution in [0.15, 0.2) is 11.5 Å². The predicted molar refractivity (Wildman–Crippen MR) is 99.9 cm³/mol. The van der Waals surface area contributed by atoms with Crippen LogP contribution in [0.3, 0.4) is 0 Å². The van der Waals surface area contributed by atoms with Gasteiger partial charge in [0, 0.05) is 5.75 Å². The zero-order valence-electron chi connectivity index (χ0n) is 14.7. The van der Waals surface area contributed by atoms with Crippen LogP contribution in [0.4, 0.5) is 5.82 Å². The lowest BCUT2D eigenvalue weighted by molar-refractivity contribution is -0.120. The monoisotopic (exact) mass is 449 g/mol. The number of hydrogen-bond donors (Lipinski definition) is 7. The first-order chi connectivity index (χ1) is 13.6. The van der Waals surface area contributed by atoms with Crippen molar-refractivity contribution in [3.8, 4) is 0 Å². The highest BCUT2D eigenvalue weighted by Crippen LogP contribution is 2.32. The van der Waals surface area contributed by atoms with Crippen molar-refractivity contribution in [2.45, 2.75) is 35.7 Å². The van der Waals surface area contributed by atoms with Crippen molar-refractivity contribution < 1.29 is 33.3 Å². The van der Waals surface area contributed by atoms with Crippen LogP contribution in [0.2, 0.25) is 0 Å². The topological polar surface area (TPSA) is 229 Å². The molecule has 1 aliphatic heterocycles. The molecule has 0 saturated carbocycles. The molecule has 2 aromatic heterocycles. The Hall–Kier alpha value is -2.08. The third-order valence-electron chi connectivity index (χ3n) is 4.23. The van der Waals surface area contributed by atoms with Crippen molar-refractivity contribution in [1.29, 1.82) is 0 Å². The molecule has 3 rings (SSSR count). The maximum atomic E-state index is 12.5. The minimum Gasteiger partial charge on any atom is -0.394 e. The van der Waals surface area contributed by atoms with Crippen LogP contribution in [-0.2, 0) is 19.6 Å². The van der Waals surface area contributed by atoms with Crippen LogP contribution in [0.1, 0.15) is 6.23 Å². The van der Waals surface area contributed by atoms with E-state index in [0.717, 1.165) is 10.9 Å². The van der Waals surface area contributed by atoms with E-state index in [-0.39, 0.29) is 22.7 Å². The highest BCUT2D eigenvalue weighted by Gasteiger charge is 2.44. The van der Waals surface area contributed by atoms with Crippen molar-refractivity contribution in [1.82, 2.24) is 24.2 Å². The third-order valence-corrected chi connectivity index (χ3v) is 5.75. The Labute approximate surface area is 169 Å². The SMILES string of the molecule is Nc1nc(S(=O)(=O)NC(=O)[C@@H](N)CS)nc2c1ncn2[C@@H]1O[C@H](CO)[C@@H](O)[C@H]1O. The summed E-state index contributed by atoms with van der Waals surface area (Å²) in [5.74, 6) is -1.42. The van der Waals surface area contributed by atoms with E-state index in [1.165, 1.54) is 0 Å². The van der Waals surface area contributed by atoms with Crippen LogP contribution >= 0.6 is 12.6 Å². The molecule has 0 radical (unpaired) electrons. The molecule has 3 heterocycles. The number of nitrogens with one attached hydrogen (secondary N) is 1. The number of nitrogens with zero attached hydrogens (tertiary/aromatic N) is 4. The molecule has 0 spiro atoms. The number of carbonyl (C=O) groups is 1. The number of imidazole rings is 1. The van der Waals surface area contributed by atoms with E-state index in [2.05, 4.69) is 27.6 Å². The molecule has 1 aliphatic rings. The highest BCUT2D eigenvalue weighted by atomic mass is 32.2. The number of aromatic nitrogens is 4. The lowest BCUT2D eigenvalue weighted by Gasteiger charge is -2.17. The summed E-state index contributed by atoms with van der Waals surface area (Å²) in [6.45, 7) is -0.560. The summed E-state index contributed by atoms with van der Waals surface area (Å²) in [6, 6.07) is -1.18. The molecule has 1 amide bonds. The van der Waals surface area contributed by atoms with Gasteiger partial charge in [0.15, 0.2) is 17.7 Å². The van der Waals surface area contributed by atoms with E-state index >= 15 is 0 Å². The molecule has 1 saturated heterocycles. The predicted octanol–water partition coefficient (Wildman–Crippen LogP) is -3.92. The summed E-state index contributed by atoms with van der Waals surface area (Å²) in [7, 11) is -4.54. The molecule has 0 aliphatic carbocycles. The number of rotatable bonds is 6. The highest BCUT2D eigenvalue weighted by molar-refractivity contribution is 7.89. The molecule has 29 heavy (non-hydrogen) atoms. The zero-order chi connectivity index (χ0) is 21.5. The number of carbonyl (C=O) groups excluding carboxylic acids is 1. The quantitative estimate of drug-likeness (QED) is 0.166. The van der Waals surface area contributed by atoms with Crippen molar-refractivity contribution >= 4 is 45.5 Å². The number of fused-ring (bicyclic) bond motifs is 1. The van der Waals surface area contributed by atoms with Crippen LogP contribution in [-0.4, -0.2) is 85.9 Å². The second-order valence-corrected chi connectivity index (χ2v) is 8.14. The number of anilines is 1. The average Bonchev–Trinajstić information content (AvgIpc) is 3.22. The van der Waals surface area contributed by atoms with Crippen LogP contribution in [0.5, 0.6) is 0 Å². The molecule has 0 unspecified atom stereocenters. The Morgan fingerprint density at radius 2 is 2.07 bits per heavy atom. The fourth-order valence-electron chi connectivity index (χ4n) is 2.67. The largest absolute Gasteiger partial charge is 0.394 e. The standard InChI is InChI=1S/C13H19N7O7S2/c14-4(2-28)11(24)19-29(25,26)13-17-9(15)6-10(18-13)20(3-16-6)12-8(23)7(22)5(1-21)27-12/h3-5,7-8,12,21-23,28H,1-2,14H2,(H,19,24)(H2,15,17,18)/t4-,5+,7+,8+,12+/m0/s1. The molecule has 160 valence electrons. The summed E-state index contributed by atoms with van der Waals surface area (Å²) in [5.41, 5.74) is 11.1. The van der Waals surface area contributed by atoms with Gasteiger partial charge >= 0.3 is 0 Å². The van der Waals surface area contributed by atoms with Gasteiger partial charge in [0.05, 0.1) is 19.0 Å². The van der Waals surface area contributed by atoms with Gasteiger partial charge < -0.3 is 31.5 Å². The molecular weight excluding hydrogens is 430 g/mol. The normalized spacial score (nSPS) is 26.0. The zero-order valence-corrected chi connectivity index (χ0v) is 16.4. The summed E-state index contributed by atoms with van der Waals surface area (Å²) in [4.78, 5) is 23.3. The number of nitrogens with two attached hydrogens (primary N) is 2. The lowest BCUT2D eigenvalue weighted by atomic mass is 10.1. The minimum absolute atomic E-state index is 0.0000689. The molecule has 5 atom stereocenters. The Morgan fingerprint density at radius 3 is 2.66 bits per heavy atom. The number of amides is 1. The second-order valence-electron chi connectivity index (χ2n) is 6.20. The van der Waals surface area contributed by atoms with Gasteiger partial charge in [-0.3, -0.25) is 9.36 Å². The van der Waals surface area contributed by atoms with Gasteiger partial charge in [-0.25, -0.2) is 9.71 Å². The number of hydrogen-bond acceptors (Lipinski definition) is 13. The van der Waals surface area contributed by atoms with Gasteiger partial charge in [-0.05, 0) is 0 Å². The van der Waals surface area contributed by atoms with Gasteiger partial charge in [0.2, 0.25) is 0 Å². The maximum absolute atomic E-state index is 12.5. The lowest BCUT2D eigenvalue weighted by Crippen LogP contribution is -2.44. The smallest absolute Gasteiger partial charge is 0.300 e. The molecule has 2 aromatic rings. The number of nitrogen functional groups attached to an aromatic ring is 1. The van der Waals surface area contributed by atoms with Gasteiger partial charge in [-0.2, -0.15) is 31.0 Å². The second kappa shape index (κ2) is 7.98. The van der Waals surface area contributed by atoms with Gasteiger partial charge in [0.1, 0.15) is 23.8 Å². The first-order valence-electron chi connectivity index (χ1n) is 8.16. The van der Waals surface area contributed by atoms with Crippen LogP contribution in [0.25, 0.3) is 11.2 Å². The molecule has 1 fully saturated rings. The van der Waals surface area contributed by atoms with E-state index in [0.29, 0.717) is 0 Å². The van der Waals surface area contributed by atoms with Crippen molar-refractivity contribution in [2.24, 2.45) is 5.73 Å². The summed E-state index contributed by atoms with van der Waals surface area (Å²) >= 11 is 3.82. The van der Waals surface area contributed by atoms with Crippen LogP contribution < -0.4 is 16.2 Å². The minimum atomic E-state index is -4.54. The molecule has 14 nitrogen and oxygen atoms in total. The molecule has 0 aromatic carbocycles. The van der Waals surface area contributed by atoms with E-state index in [1.54, 1.807) is 4.72 Å². The molecule has 8 N–H and O–H groups in total. The van der Waals surface area contributed by atoms with Gasteiger partial charge in [-0.15, -0.1) is 0 Å². The van der Waals surface area contributed by atoms with Crippen LogP contribution in [0, 0.1) is 0 Å². The molecule has 0 bridgehead atoms. The number of aliphatic hydroxyl groups excluding tert-OH is 3. The van der Waals surface area contributed by atoms with E-state index < -0.39 is 58.3 Å². The summed E-state index contributed by atoms with van der Waals surface area (Å²) in [6.07, 6.45) is -4.01. The van der Waals surface area contributed by atoms with Crippen molar-refractivity contribution in [3.63, 3.8) is 0 Å². The van der Waals surface area contributed by atoms with E-state index in [1.807, 2.05) is 0 Å². The summed E-state index contributed by atoms with van der Waals surface area (Å²) in [5, 5.41) is 28.5. The Bertz CT molecular complexity index is 1030. The third kappa shape index (κ3) is 3.87. The maximum Gasteiger partial charge on any atom is 0.300 e. The van der Waals surface area contributed by atoms with Crippen molar-refractivity contribution in [3.05, 3.63) is 6.33 Å². The molecular formula is C13H19N7O7S2. The Morgan fingerprint density at radius 1 is 1.38 bits per heavy atom. The fraction of sp³-hybridized carbons (Fsp3) is 0.538. The Kier molecular flexibility index (Phi) is 5.95. The number of ether oxygens (including phenoxy) is 1. The average molecular weight is 449 g/mol. The number of aliphatic hydroxyl groups is 3. The van der Waals surface area contributed by atoms with Gasteiger partial charge in [0.25, 0.3) is 21.1 Å². The number of thiol groups is 1. The van der Waals surface area contributed by atoms with E-state index in [9.17, 15) is 28.5 Å².